The molecule has 0 aliphatic carbocycles. The molecule has 23 heavy (non-hydrogen) atoms. The third-order valence-corrected chi connectivity index (χ3v) is 4.55. The topological polar surface area (TPSA) is 61.4 Å². The van der Waals surface area contributed by atoms with Crippen LogP contribution in [0.2, 0.25) is 0 Å². The van der Waals surface area contributed by atoms with Crippen molar-refractivity contribution in [2.45, 2.75) is 33.2 Å². The van der Waals surface area contributed by atoms with Crippen molar-refractivity contribution in [2.75, 3.05) is 25.0 Å². The molecular weight excluding hydrogens is 290 g/mol. The zero-order valence-corrected chi connectivity index (χ0v) is 14.2. The third kappa shape index (κ3) is 4.32. The first kappa shape index (κ1) is 17.5. The summed E-state index contributed by atoms with van der Waals surface area (Å²) in [5, 5.41) is 6.09. The number of carbonyl (C=O) groups is 2. The second-order valence-electron chi connectivity index (χ2n) is 6.27. The van der Waals surface area contributed by atoms with E-state index in [9.17, 15) is 9.59 Å². The van der Waals surface area contributed by atoms with E-state index in [4.69, 9.17) is 0 Å². The number of para-hydroxylation sites is 1. The first-order valence-electron chi connectivity index (χ1n) is 8.41. The number of hydrogen-bond donors (Lipinski definition) is 2. The van der Waals surface area contributed by atoms with E-state index < -0.39 is 6.04 Å². The second-order valence-corrected chi connectivity index (χ2v) is 6.27. The van der Waals surface area contributed by atoms with Gasteiger partial charge in [-0.25, -0.2) is 0 Å². The molecule has 2 unspecified atom stereocenters. The second kappa shape index (κ2) is 8.11. The first-order chi connectivity index (χ1) is 11.0. The number of benzene rings is 1. The maximum absolute atomic E-state index is 12.8. The van der Waals surface area contributed by atoms with Gasteiger partial charge in [0.1, 0.15) is 6.04 Å². The summed E-state index contributed by atoms with van der Waals surface area (Å²) in [6.45, 7) is 8.18. The van der Waals surface area contributed by atoms with Crippen molar-refractivity contribution in [1.82, 2.24) is 10.2 Å². The summed E-state index contributed by atoms with van der Waals surface area (Å²) in [6, 6.07) is 8.87. The zero-order chi connectivity index (χ0) is 16.8. The van der Waals surface area contributed by atoms with E-state index in [1.807, 2.05) is 44.2 Å². The quantitative estimate of drug-likeness (QED) is 0.810. The Kier molecular flexibility index (Phi) is 6.16. The molecule has 1 fully saturated rings. The van der Waals surface area contributed by atoms with Gasteiger partial charge >= 0.3 is 0 Å². The van der Waals surface area contributed by atoms with Crippen LogP contribution < -0.4 is 10.6 Å². The summed E-state index contributed by atoms with van der Waals surface area (Å²) < 4.78 is 0. The SMILES string of the molecule is CCCN(C(=O)C(C)C1CNC1)C(C)C(=O)Nc1ccccc1. The van der Waals surface area contributed by atoms with Gasteiger partial charge in [0.25, 0.3) is 0 Å². The number of anilines is 1. The Labute approximate surface area is 138 Å². The minimum absolute atomic E-state index is 0.0465. The molecule has 0 radical (unpaired) electrons. The van der Waals surface area contributed by atoms with Crippen molar-refractivity contribution in [3.63, 3.8) is 0 Å². The summed E-state index contributed by atoms with van der Waals surface area (Å²) >= 11 is 0. The highest BCUT2D eigenvalue weighted by atomic mass is 16.2. The molecule has 126 valence electrons. The van der Waals surface area contributed by atoms with Crippen molar-refractivity contribution < 1.29 is 9.59 Å². The Morgan fingerprint density at radius 2 is 1.91 bits per heavy atom. The Morgan fingerprint density at radius 3 is 2.43 bits per heavy atom. The number of hydrogen-bond acceptors (Lipinski definition) is 3. The van der Waals surface area contributed by atoms with Gasteiger partial charge in [-0.15, -0.1) is 0 Å². The van der Waals surface area contributed by atoms with Crippen molar-refractivity contribution in [2.24, 2.45) is 11.8 Å². The van der Waals surface area contributed by atoms with Gasteiger partial charge in [0.15, 0.2) is 0 Å². The van der Waals surface area contributed by atoms with Crippen molar-refractivity contribution >= 4 is 17.5 Å². The zero-order valence-electron chi connectivity index (χ0n) is 14.2. The molecule has 1 aliphatic heterocycles. The maximum Gasteiger partial charge on any atom is 0.246 e. The highest BCUT2D eigenvalue weighted by molar-refractivity contribution is 5.97. The number of nitrogens with one attached hydrogen (secondary N) is 2. The van der Waals surface area contributed by atoms with Crippen LogP contribution in [0.5, 0.6) is 0 Å². The summed E-state index contributed by atoms with van der Waals surface area (Å²) in [6.07, 6.45) is 0.838. The molecule has 1 saturated heterocycles. The van der Waals surface area contributed by atoms with E-state index in [2.05, 4.69) is 10.6 Å². The smallest absolute Gasteiger partial charge is 0.246 e. The van der Waals surface area contributed by atoms with Crippen LogP contribution in [0.25, 0.3) is 0 Å². The Balaban J connectivity index is 2.03. The van der Waals surface area contributed by atoms with Crippen LogP contribution in [0.3, 0.4) is 0 Å². The van der Waals surface area contributed by atoms with Gasteiger partial charge in [0.2, 0.25) is 11.8 Å². The highest BCUT2D eigenvalue weighted by Crippen LogP contribution is 2.20. The molecule has 2 rings (SSSR count). The van der Waals surface area contributed by atoms with Crippen LogP contribution in [-0.2, 0) is 9.59 Å². The van der Waals surface area contributed by atoms with Crippen LogP contribution in [0.15, 0.2) is 30.3 Å². The average Bonchev–Trinajstić information content (AvgIpc) is 2.50. The van der Waals surface area contributed by atoms with Gasteiger partial charge in [-0.05, 0) is 44.5 Å². The van der Waals surface area contributed by atoms with Crippen molar-refractivity contribution in [1.29, 1.82) is 0 Å². The lowest BCUT2D eigenvalue weighted by atomic mass is 9.87. The molecule has 0 spiro atoms. The van der Waals surface area contributed by atoms with Crippen molar-refractivity contribution in [3.8, 4) is 0 Å². The Morgan fingerprint density at radius 1 is 1.26 bits per heavy atom. The van der Waals surface area contributed by atoms with Gasteiger partial charge in [-0.2, -0.15) is 0 Å². The van der Waals surface area contributed by atoms with E-state index in [1.54, 1.807) is 11.8 Å². The molecule has 1 heterocycles. The van der Waals surface area contributed by atoms with E-state index in [0.29, 0.717) is 12.5 Å². The molecule has 2 atom stereocenters. The minimum atomic E-state index is -0.474. The normalized spacial score (nSPS) is 17.0. The molecule has 5 heteroatoms. The fourth-order valence-corrected chi connectivity index (χ4v) is 2.77. The standard InChI is InChI=1S/C18H27N3O2/c1-4-10-21(18(23)13(2)15-11-19-12-15)14(3)17(22)20-16-8-6-5-7-9-16/h5-9,13-15,19H,4,10-12H2,1-3H3,(H,20,22). The lowest BCUT2D eigenvalue weighted by molar-refractivity contribution is -0.143. The van der Waals surface area contributed by atoms with Crippen LogP contribution in [0.1, 0.15) is 27.2 Å². The predicted octanol–water partition coefficient (Wildman–Crippen LogP) is 2.11. The molecule has 5 nitrogen and oxygen atoms in total. The Hall–Kier alpha value is -1.88. The van der Waals surface area contributed by atoms with Crippen molar-refractivity contribution in [3.05, 3.63) is 30.3 Å². The summed E-state index contributed by atoms with van der Waals surface area (Å²) in [5.74, 6) is 0.270. The summed E-state index contributed by atoms with van der Waals surface area (Å²) in [7, 11) is 0. The summed E-state index contributed by atoms with van der Waals surface area (Å²) in [5.41, 5.74) is 0.754. The molecule has 0 saturated carbocycles. The fraction of sp³-hybridized carbons (Fsp3) is 0.556. The van der Waals surface area contributed by atoms with Crippen LogP contribution in [-0.4, -0.2) is 42.4 Å². The predicted molar refractivity (Wildman–Crippen MR) is 92.1 cm³/mol. The molecule has 1 aliphatic rings. The molecule has 2 amide bonds. The largest absolute Gasteiger partial charge is 0.331 e. The number of carbonyl (C=O) groups excluding carboxylic acids is 2. The van der Waals surface area contributed by atoms with Gasteiger partial charge in [0.05, 0.1) is 0 Å². The fourth-order valence-electron chi connectivity index (χ4n) is 2.77. The van der Waals surface area contributed by atoms with Gasteiger partial charge in [-0.1, -0.05) is 32.0 Å². The Bertz CT molecular complexity index is 528. The summed E-state index contributed by atoms with van der Waals surface area (Å²) in [4.78, 5) is 27.0. The maximum atomic E-state index is 12.8. The number of amides is 2. The van der Waals surface area contributed by atoms with Gasteiger partial charge in [0, 0.05) is 18.2 Å². The number of nitrogens with zero attached hydrogens (tertiary/aromatic N) is 1. The van der Waals surface area contributed by atoms with E-state index in [0.717, 1.165) is 25.2 Å². The lowest BCUT2D eigenvalue weighted by Gasteiger charge is -2.37. The lowest BCUT2D eigenvalue weighted by Crippen LogP contribution is -2.53. The van der Waals surface area contributed by atoms with Crippen LogP contribution in [0, 0.1) is 11.8 Å². The van der Waals surface area contributed by atoms with E-state index in [1.165, 1.54) is 0 Å². The van der Waals surface area contributed by atoms with E-state index in [-0.39, 0.29) is 17.7 Å². The molecule has 0 aromatic heterocycles. The molecule has 0 bridgehead atoms. The van der Waals surface area contributed by atoms with E-state index >= 15 is 0 Å². The molecule has 1 aromatic carbocycles. The number of rotatable bonds is 7. The first-order valence-corrected chi connectivity index (χ1v) is 8.41. The molecular formula is C18H27N3O2. The van der Waals surface area contributed by atoms with Gasteiger partial charge in [-0.3, -0.25) is 9.59 Å². The van der Waals surface area contributed by atoms with Crippen LogP contribution in [0.4, 0.5) is 5.69 Å². The highest BCUT2D eigenvalue weighted by Gasteiger charge is 2.34. The van der Waals surface area contributed by atoms with Crippen LogP contribution >= 0.6 is 0 Å². The molecule has 2 N–H and O–H groups in total. The van der Waals surface area contributed by atoms with Gasteiger partial charge < -0.3 is 15.5 Å². The molecule has 1 aromatic rings. The monoisotopic (exact) mass is 317 g/mol. The third-order valence-electron chi connectivity index (χ3n) is 4.55. The average molecular weight is 317 g/mol. The minimum Gasteiger partial charge on any atom is -0.331 e.